The molecule has 0 fully saturated rings. The van der Waals surface area contributed by atoms with Crippen LogP contribution >= 0.6 is 0 Å². The monoisotopic (exact) mass is 460 g/mol. The molecule has 0 aliphatic rings. The van der Waals surface area contributed by atoms with Crippen molar-refractivity contribution in [2.24, 2.45) is 0 Å². The lowest BCUT2D eigenvalue weighted by Gasteiger charge is -2.11. The second kappa shape index (κ2) is 10.1. The average Bonchev–Trinajstić information content (AvgIpc) is 2.93. The number of benzene rings is 2. The van der Waals surface area contributed by atoms with Gasteiger partial charge in [-0.05, 0) is 30.7 Å². The van der Waals surface area contributed by atoms with Crippen LogP contribution in [0.4, 0.5) is 5.82 Å². The van der Waals surface area contributed by atoms with Gasteiger partial charge in [-0.15, -0.1) is 0 Å². The highest BCUT2D eigenvalue weighted by Gasteiger charge is 2.11. The second-order valence-electron chi connectivity index (χ2n) is 8.02. The summed E-state index contributed by atoms with van der Waals surface area (Å²) in [6.07, 6.45) is 7.19. The zero-order valence-electron chi connectivity index (χ0n) is 19.5. The predicted octanol–water partition coefficient (Wildman–Crippen LogP) is 5.59. The SMILES string of the molecule is COc1ccc(-c2cncc(-c3cc(NCc4cnc(C)cn4)nc(-c4ccccc4)n3)c2)cc1. The molecule has 3 heterocycles. The van der Waals surface area contributed by atoms with E-state index in [2.05, 4.69) is 26.3 Å². The number of methoxy groups -OCH3 is 1. The highest BCUT2D eigenvalue weighted by atomic mass is 16.5. The molecule has 0 atom stereocenters. The highest BCUT2D eigenvalue weighted by Crippen LogP contribution is 2.28. The van der Waals surface area contributed by atoms with Crippen molar-refractivity contribution in [1.82, 2.24) is 24.9 Å². The molecule has 7 nitrogen and oxygen atoms in total. The third-order valence-corrected chi connectivity index (χ3v) is 5.50. The Labute approximate surface area is 204 Å². The summed E-state index contributed by atoms with van der Waals surface area (Å²) in [6, 6.07) is 21.9. The van der Waals surface area contributed by atoms with Gasteiger partial charge in [0.15, 0.2) is 5.82 Å². The predicted molar refractivity (Wildman–Crippen MR) is 137 cm³/mol. The van der Waals surface area contributed by atoms with Crippen LogP contribution in [0.15, 0.2) is 91.5 Å². The van der Waals surface area contributed by atoms with Crippen LogP contribution in [-0.2, 0) is 6.54 Å². The number of pyridine rings is 1. The summed E-state index contributed by atoms with van der Waals surface area (Å²) in [5.74, 6) is 2.15. The topological polar surface area (TPSA) is 85.7 Å². The lowest BCUT2D eigenvalue weighted by Crippen LogP contribution is -2.06. The molecule has 5 rings (SSSR count). The molecule has 3 aromatic heterocycles. The van der Waals surface area contributed by atoms with E-state index < -0.39 is 0 Å². The summed E-state index contributed by atoms with van der Waals surface area (Å²) in [5.41, 5.74) is 6.37. The Hall–Kier alpha value is -4.65. The third-order valence-electron chi connectivity index (χ3n) is 5.50. The Morgan fingerprint density at radius 3 is 2.29 bits per heavy atom. The van der Waals surface area contributed by atoms with Crippen LogP contribution in [0.1, 0.15) is 11.4 Å². The molecule has 1 N–H and O–H groups in total. The van der Waals surface area contributed by atoms with Crippen LogP contribution in [0.2, 0.25) is 0 Å². The van der Waals surface area contributed by atoms with Gasteiger partial charge in [0.25, 0.3) is 0 Å². The van der Waals surface area contributed by atoms with E-state index in [0.717, 1.165) is 45.1 Å². The summed E-state index contributed by atoms with van der Waals surface area (Å²) in [6.45, 7) is 2.42. The highest BCUT2D eigenvalue weighted by molar-refractivity contribution is 5.73. The van der Waals surface area contributed by atoms with Gasteiger partial charge in [0, 0.05) is 41.3 Å². The van der Waals surface area contributed by atoms with Crippen molar-refractivity contribution in [2.75, 3.05) is 12.4 Å². The van der Waals surface area contributed by atoms with E-state index in [4.69, 9.17) is 14.7 Å². The van der Waals surface area contributed by atoms with Gasteiger partial charge in [0.1, 0.15) is 11.6 Å². The molecule has 0 saturated heterocycles. The molecule has 0 aliphatic carbocycles. The largest absolute Gasteiger partial charge is 0.497 e. The van der Waals surface area contributed by atoms with Crippen LogP contribution in [0.5, 0.6) is 5.75 Å². The Morgan fingerprint density at radius 1 is 0.743 bits per heavy atom. The van der Waals surface area contributed by atoms with Crippen LogP contribution < -0.4 is 10.1 Å². The van der Waals surface area contributed by atoms with Crippen LogP contribution in [0.25, 0.3) is 33.8 Å². The number of aryl methyl sites for hydroxylation is 1. The van der Waals surface area contributed by atoms with Crippen molar-refractivity contribution in [1.29, 1.82) is 0 Å². The van der Waals surface area contributed by atoms with Gasteiger partial charge >= 0.3 is 0 Å². The first-order valence-electron chi connectivity index (χ1n) is 11.2. The fourth-order valence-electron chi connectivity index (χ4n) is 3.62. The Morgan fingerprint density at radius 2 is 1.54 bits per heavy atom. The zero-order valence-corrected chi connectivity index (χ0v) is 19.5. The average molecular weight is 461 g/mol. The van der Waals surface area contributed by atoms with Crippen molar-refractivity contribution in [3.8, 4) is 39.5 Å². The van der Waals surface area contributed by atoms with Gasteiger partial charge < -0.3 is 10.1 Å². The molecule has 0 aliphatic heterocycles. The van der Waals surface area contributed by atoms with E-state index in [1.165, 1.54) is 0 Å². The molecule has 0 amide bonds. The lowest BCUT2D eigenvalue weighted by atomic mass is 10.0. The number of nitrogens with zero attached hydrogens (tertiary/aromatic N) is 5. The van der Waals surface area contributed by atoms with Gasteiger partial charge in [0.2, 0.25) is 0 Å². The van der Waals surface area contributed by atoms with Crippen molar-refractivity contribution >= 4 is 5.82 Å². The van der Waals surface area contributed by atoms with E-state index in [1.54, 1.807) is 19.5 Å². The van der Waals surface area contributed by atoms with Crippen LogP contribution in [-0.4, -0.2) is 32.0 Å². The summed E-state index contributed by atoms with van der Waals surface area (Å²) in [5, 5.41) is 3.37. The molecule has 0 bridgehead atoms. The quantitative estimate of drug-likeness (QED) is 0.339. The number of hydrogen-bond acceptors (Lipinski definition) is 7. The summed E-state index contributed by atoms with van der Waals surface area (Å²) >= 11 is 0. The first kappa shape index (κ1) is 22.2. The van der Waals surface area contributed by atoms with Crippen molar-refractivity contribution in [3.63, 3.8) is 0 Å². The molecule has 172 valence electrons. The van der Waals surface area contributed by atoms with Crippen LogP contribution in [0.3, 0.4) is 0 Å². The maximum Gasteiger partial charge on any atom is 0.162 e. The fraction of sp³-hybridized carbons (Fsp3) is 0.107. The van der Waals surface area contributed by atoms with E-state index in [9.17, 15) is 0 Å². The second-order valence-corrected chi connectivity index (χ2v) is 8.02. The maximum absolute atomic E-state index is 5.28. The molecule has 2 aromatic carbocycles. The maximum atomic E-state index is 5.28. The Balaban J connectivity index is 1.51. The molecule has 0 radical (unpaired) electrons. The van der Waals surface area contributed by atoms with E-state index in [-0.39, 0.29) is 0 Å². The van der Waals surface area contributed by atoms with Gasteiger partial charge in [-0.1, -0.05) is 42.5 Å². The van der Waals surface area contributed by atoms with Crippen LogP contribution in [0, 0.1) is 6.92 Å². The Kier molecular flexibility index (Phi) is 6.39. The molecule has 0 unspecified atom stereocenters. The summed E-state index contributed by atoms with van der Waals surface area (Å²) in [4.78, 5) is 22.8. The number of aromatic nitrogens is 5. The zero-order chi connectivity index (χ0) is 24.0. The summed E-state index contributed by atoms with van der Waals surface area (Å²) < 4.78 is 5.28. The first-order chi connectivity index (χ1) is 17.2. The minimum atomic E-state index is 0.502. The number of ether oxygens (including phenoxy) is 1. The molecule has 7 heteroatoms. The Bertz CT molecular complexity index is 1420. The summed E-state index contributed by atoms with van der Waals surface area (Å²) in [7, 11) is 1.66. The van der Waals surface area contributed by atoms with E-state index in [0.29, 0.717) is 18.2 Å². The lowest BCUT2D eigenvalue weighted by molar-refractivity contribution is 0.415. The van der Waals surface area contributed by atoms with Crippen molar-refractivity contribution in [3.05, 3.63) is 103 Å². The molecule has 35 heavy (non-hydrogen) atoms. The minimum absolute atomic E-state index is 0.502. The molecular formula is C28H24N6O. The van der Waals surface area contributed by atoms with Crippen molar-refractivity contribution < 1.29 is 4.74 Å². The van der Waals surface area contributed by atoms with Gasteiger partial charge in [0.05, 0.1) is 36.9 Å². The molecule has 0 saturated carbocycles. The normalized spacial score (nSPS) is 10.7. The molecular weight excluding hydrogens is 436 g/mol. The first-order valence-corrected chi connectivity index (χ1v) is 11.2. The standard InChI is InChI=1S/C28H24N6O/c1-19-14-31-24(17-30-19)18-32-27-13-26(33-28(34-27)21-6-4-3-5-7-21)23-12-22(15-29-16-23)20-8-10-25(35-2)11-9-20/h3-17H,18H2,1-2H3,(H,32,33,34). The van der Waals surface area contributed by atoms with E-state index in [1.807, 2.05) is 80.0 Å². The number of nitrogens with one attached hydrogen (secondary N) is 1. The fourth-order valence-corrected chi connectivity index (χ4v) is 3.62. The smallest absolute Gasteiger partial charge is 0.162 e. The van der Waals surface area contributed by atoms with Gasteiger partial charge in [-0.2, -0.15) is 0 Å². The number of anilines is 1. The van der Waals surface area contributed by atoms with Crippen molar-refractivity contribution in [2.45, 2.75) is 13.5 Å². The van der Waals surface area contributed by atoms with Gasteiger partial charge in [-0.3, -0.25) is 15.0 Å². The van der Waals surface area contributed by atoms with Gasteiger partial charge in [-0.25, -0.2) is 9.97 Å². The van der Waals surface area contributed by atoms with E-state index >= 15 is 0 Å². The molecule has 0 spiro atoms. The third kappa shape index (κ3) is 5.30. The molecule has 5 aromatic rings. The minimum Gasteiger partial charge on any atom is -0.497 e. The number of hydrogen-bond donors (Lipinski definition) is 1. The number of rotatable bonds is 7.